The Labute approximate surface area is 361 Å². The second kappa shape index (κ2) is 48.1. The van der Waals surface area contributed by atoms with Crippen LogP contribution >= 0.6 is 0 Å². The molecule has 0 fully saturated rings. The first-order chi connectivity index (χ1) is 28.5. The minimum Gasteiger partial charge on any atom is -0.462 e. The van der Waals surface area contributed by atoms with Crippen molar-refractivity contribution in [3.8, 4) is 0 Å². The largest absolute Gasteiger partial charge is 0.462 e. The van der Waals surface area contributed by atoms with Gasteiger partial charge >= 0.3 is 17.9 Å². The van der Waals surface area contributed by atoms with Gasteiger partial charge < -0.3 is 14.2 Å². The van der Waals surface area contributed by atoms with Crippen LogP contribution in [0.2, 0.25) is 0 Å². The minimum atomic E-state index is -0.759. The monoisotopic (exact) mass is 821 g/mol. The number of hydrogen-bond acceptors (Lipinski definition) is 6. The molecular formula is C52H100O6. The van der Waals surface area contributed by atoms with Gasteiger partial charge in [-0.25, -0.2) is 0 Å². The van der Waals surface area contributed by atoms with Gasteiger partial charge in [0, 0.05) is 19.3 Å². The predicted molar refractivity (Wildman–Crippen MR) is 247 cm³/mol. The van der Waals surface area contributed by atoms with E-state index in [0.29, 0.717) is 19.3 Å². The van der Waals surface area contributed by atoms with Gasteiger partial charge in [-0.15, -0.1) is 0 Å². The average molecular weight is 821 g/mol. The van der Waals surface area contributed by atoms with Gasteiger partial charge in [0.1, 0.15) is 13.2 Å². The molecule has 0 aromatic rings. The summed E-state index contributed by atoms with van der Waals surface area (Å²) in [7, 11) is 0. The second-order valence-corrected chi connectivity index (χ2v) is 17.8. The van der Waals surface area contributed by atoms with Gasteiger partial charge in [0.05, 0.1) is 0 Å². The molecule has 0 aromatic heterocycles. The molecule has 0 amide bonds. The fourth-order valence-electron chi connectivity index (χ4n) is 7.92. The molecule has 6 heteroatoms. The van der Waals surface area contributed by atoms with Gasteiger partial charge in [-0.1, -0.05) is 258 Å². The SMILES string of the molecule is CCCCCCCCCCCCCCCCCC(=O)OC[C@H](COC(=O)CCCCCCCCCCCCCCCC)OC(=O)CCCCCCCCCCCCC. The van der Waals surface area contributed by atoms with E-state index < -0.39 is 6.10 Å². The highest BCUT2D eigenvalue weighted by Gasteiger charge is 2.19. The van der Waals surface area contributed by atoms with Crippen molar-refractivity contribution in [3.05, 3.63) is 0 Å². The fourth-order valence-corrected chi connectivity index (χ4v) is 7.92. The zero-order chi connectivity index (χ0) is 42.3. The summed E-state index contributed by atoms with van der Waals surface area (Å²) < 4.78 is 16.8. The van der Waals surface area contributed by atoms with Gasteiger partial charge in [-0.3, -0.25) is 14.4 Å². The van der Waals surface area contributed by atoms with E-state index in [1.165, 1.54) is 199 Å². The molecule has 58 heavy (non-hydrogen) atoms. The van der Waals surface area contributed by atoms with Crippen LogP contribution in [0, 0.1) is 0 Å². The number of carbonyl (C=O) groups excluding carboxylic acids is 3. The maximum absolute atomic E-state index is 12.7. The molecule has 0 rings (SSSR count). The smallest absolute Gasteiger partial charge is 0.306 e. The summed E-state index contributed by atoms with van der Waals surface area (Å²) in [6.07, 6.45) is 50.8. The lowest BCUT2D eigenvalue weighted by Crippen LogP contribution is -2.30. The molecule has 0 radical (unpaired) electrons. The molecule has 6 nitrogen and oxygen atoms in total. The summed E-state index contributed by atoms with van der Waals surface area (Å²) in [6, 6.07) is 0. The molecule has 0 aliphatic heterocycles. The number of carbonyl (C=O) groups is 3. The number of hydrogen-bond donors (Lipinski definition) is 0. The molecule has 0 aliphatic carbocycles. The molecule has 0 bridgehead atoms. The van der Waals surface area contributed by atoms with Crippen LogP contribution in [0.3, 0.4) is 0 Å². The molecule has 0 saturated carbocycles. The highest BCUT2D eigenvalue weighted by molar-refractivity contribution is 5.71. The maximum Gasteiger partial charge on any atom is 0.306 e. The zero-order valence-corrected chi connectivity index (χ0v) is 39.3. The molecule has 344 valence electrons. The molecule has 0 saturated heterocycles. The van der Waals surface area contributed by atoms with Crippen LogP contribution in [-0.2, 0) is 28.6 Å². The lowest BCUT2D eigenvalue weighted by molar-refractivity contribution is -0.167. The van der Waals surface area contributed by atoms with Crippen molar-refractivity contribution in [1.29, 1.82) is 0 Å². The quantitative estimate of drug-likeness (QED) is 0.0346. The van der Waals surface area contributed by atoms with Crippen molar-refractivity contribution in [2.75, 3.05) is 13.2 Å². The standard InChI is InChI=1S/C52H100O6/c1-4-7-10-13-16-19-22-24-26-28-31-33-36-39-42-45-51(54)57-48-49(58-52(55)46-43-40-37-34-29-21-18-15-12-9-6-3)47-56-50(53)44-41-38-35-32-30-27-25-23-20-17-14-11-8-5-2/h49H,4-48H2,1-3H3/t49-/m0/s1. The van der Waals surface area contributed by atoms with E-state index in [9.17, 15) is 14.4 Å². The van der Waals surface area contributed by atoms with Crippen LogP contribution < -0.4 is 0 Å². The minimum absolute atomic E-state index is 0.0618. The van der Waals surface area contributed by atoms with Crippen molar-refractivity contribution >= 4 is 17.9 Å². The fraction of sp³-hybridized carbons (Fsp3) is 0.942. The van der Waals surface area contributed by atoms with E-state index in [0.717, 1.165) is 57.8 Å². The van der Waals surface area contributed by atoms with Crippen LogP contribution in [0.1, 0.15) is 297 Å². The van der Waals surface area contributed by atoms with Gasteiger partial charge in [0.15, 0.2) is 6.10 Å². The van der Waals surface area contributed by atoms with E-state index in [1.807, 2.05) is 0 Å². The maximum atomic E-state index is 12.7. The summed E-state index contributed by atoms with van der Waals surface area (Å²) in [6.45, 7) is 6.68. The molecular weight excluding hydrogens is 721 g/mol. The van der Waals surface area contributed by atoms with E-state index in [2.05, 4.69) is 20.8 Å². The van der Waals surface area contributed by atoms with Crippen LogP contribution in [0.15, 0.2) is 0 Å². The second-order valence-electron chi connectivity index (χ2n) is 17.8. The Morgan fingerprint density at radius 1 is 0.276 bits per heavy atom. The summed E-state index contributed by atoms with van der Waals surface area (Å²) in [5, 5.41) is 0. The molecule has 1 atom stereocenters. The van der Waals surface area contributed by atoms with Gasteiger partial charge in [0.25, 0.3) is 0 Å². The van der Waals surface area contributed by atoms with Crippen molar-refractivity contribution in [3.63, 3.8) is 0 Å². The van der Waals surface area contributed by atoms with Crippen LogP contribution in [-0.4, -0.2) is 37.2 Å². The van der Waals surface area contributed by atoms with E-state index in [1.54, 1.807) is 0 Å². The van der Waals surface area contributed by atoms with Crippen molar-refractivity contribution < 1.29 is 28.6 Å². The number of unbranched alkanes of at least 4 members (excludes halogenated alkanes) is 37. The predicted octanol–water partition coefficient (Wildman–Crippen LogP) is 16.8. The Hall–Kier alpha value is -1.59. The first kappa shape index (κ1) is 56.4. The Morgan fingerprint density at radius 2 is 0.466 bits per heavy atom. The number of rotatable bonds is 48. The summed E-state index contributed by atoms with van der Waals surface area (Å²) >= 11 is 0. The van der Waals surface area contributed by atoms with Gasteiger partial charge in [-0.2, -0.15) is 0 Å². The highest BCUT2D eigenvalue weighted by Crippen LogP contribution is 2.17. The van der Waals surface area contributed by atoms with Crippen LogP contribution in [0.25, 0.3) is 0 Å². The third-order valence-electron chi connectivity index (χ3n) is 11.9. The molecule has 0 aliphatic rings. The van der Waals surface area contributed by atoms with Crippen LogP contribution in [0.5, 0.6) is 0 Å². The van der Waals surface area contributed by atoms with Crippen molar-refractivity contribution in [1.82, 2.24) is 0 Å². The number of ether oxygens (including phenoxy) is 3. The lowest BCUT2D eigenvalue weighted by atomic mass is 10.0. The lowest BCUT2D eigenvalue weighted by Gasteiger charge is -2.18. The molecule has 0 N–H and O–H groups in total. The summed E-state index contributed by atoms with van der Waals surface area (Å²) in [5.74, 6) is -0.841. The molecule has 0 aromatic carbocycles. The Kier molecular flexibility index (Phi) is 46.8. The third kappa shape index (κ3) is 45.5. The number of esters is 3. The third-order valence-corrected chi connectivity index (χ3v) is 11.9. The molecule has 0 heterocycles. The summed E-state index contributed by atoms with van der Waals surface area (Å²) in [4.78, 5) is 37.9. The van der Waals surface area contributed by atoms with E-state index in [-0.39, 0.29) is 31.1 Å². The molecule has 0 unspecified atom stereocenters. The van der Waals surface area contributed by atoms with Crippen LogP contribution in [0.4, 0.5) is 0 Å². The van der Waals surface area contributed by atoms with Gasteiger partial charge in [-0.05, 0) is 19.3 Å². The summed E-state index contributed by atoms with van der Waals surface area (Å²) in [5.41, 5.74) is 0. The first-order valence-electron chi connectivity index (χ1n) is 26.0. The Balaban J connectivity index is 4.28. The Bertz CT molecular complexity index is 859. The Morgan fingerprint density at radius 3 is 0.690 bits per heavy atom. The molecule has 0 spiro atoms. The van der Waals surface area contributed by atoms with Gasteiger partial charge in [0.2, 0.25) is 0 Å². The highest BCUT2D eigenvalue weighted by atomic mass is 16.6. The van der Waals surface area contributed by atoms with E-state index >= 15 is 0 Å². The van der Waals surface area contributed by atoms with Crippen molar-refractivity contribution in [2.24, 2.45) is 0 Å². The van der Waals surface area contributed by atoms with Crippen molar-refractivity contribution in [2.45, 2.75) is 303 Å². The van der Waals surface area contributed by atoms with E-state index in [4.69, 9.17) is 14.2 Å². The topological polar surface area (TPSA) is 78.9 Å². The normalized spacial score (nSPS) is 11.8. The average Bonchev–Trinajstić information content (AvgIpc) is 3.22. The first-order valence-corrected chi connectivity index (χ1v) is 26.0. The zero-order valence-electron chi connectivity index (χ0n) is 39.3.